The summed E-state index contributed by atoms with van der Waals surface area (Å²) in [4.78, 5) is 12.4. The summed E-state index contributed by atoms with van der Waals surface area (Å²) in [5.74, 6) is 0.0292. The number of methoxy groups -OCH3 is 1. The minimum Gasteiger partial charge on any atom is -0.495 e. The van der Waals surface area contributed by atoms with Crippen LogP contribution in [0, 0.1) is 0 Å². The summed E-state index contributed by atoms with van der Waals surface area (Å²) < 4.78 is 38.0. The van der Waals surface area contributed by atoms with E-state index in [-0.39, 0.29) is 36.1 Å². The van der Waals surface area contributed by atoms with E-state index in [4.69, 9.17) is 32.7 Å². The molecule has 0 saturated carbocycles. The zero-order chi connectivity index (χ0) is 22.4. The summed E-state index contributed by atoms with van der Waals surface area (Å²) in [5, 5.41) is 3.92. The predicted octanol–water partition coefficient (Wildman–Crippen LogP) is 2.92. The van der Waals surface area contributed by atoms with Crippen LogP contribution in [0.3, 0.4) is 0 Å². The first kappa shape index (κ1) is 23.8. The first-order valence-corrected chi connectivity index (χ1v) is 12.0. The molecule has 2 aromatic rings. The van der Waals surface area contributed by atoms with E-state index < -0.39 is 10.0 Å². The largest absolute Gasteiger partial charge is 0.495 e. The van der Waals surface area contributed by atoms with E-state index in [2.05, 4.69) is 5.32 Å². The quantitative estimate of drug-likeness (QED) is 0.619. The number of morpholine rings is 1. The van der Waals surface area contributed by atoms with E-state index >= 15 is 0 Å². The lowest BCUT2D eigenvalue weighted by Crippen LogP contribution is -2.40. The Balaban J connectivity index is 1.66. The number of sulfonamides is 1. The highest BCUT2D eigenvalue weighted by Crippen LogP contribution is 2.28. The van der Waals surface area contributed by atoms with Gasteiger partial charge in [0.1, 0.15) is 10.6 Å². The van der Waals surface area contributed by atoms with Crippen LogP contribution in [0.25, 0.3) is 0 Å². The molecule has 0 spiro atoms. The molecule has 1 saturated heterocycles. The average Bonchev–Trinajstić information content (AvgIpc) is 2.73. The third-order valence-corrected chi connectivity index (χ3v) is 7.20. The van der Waals surface area contributed by atoms with E-state index in [0.717, 1.165) is 5.56 Å². The molecule has 1 fully saturated rings. The first-order valence-electron chi connectivity index (χ1n) is 9.76. The molecule has 31 heavy (non-hydrogen) atoms. The van der Waals surface area contributed by atoms with E-state index in [1.54, 1.807) is 30.3 Å². The maximum Gasteiger partial charge on any atom is 0.246 e. The van der Waals surface area contributed by atoms with Gasteiger partial charge < -0.3 is 14.8 Å². The molecule has 1 aliphatic heterocycles. The van der Waals surface area contributed by atoms with Gasteiger partial charge >= 0.3 is 0 Å². The zero-order valence-corrected chi connectivity index (χ0v) is 19.4. The maximum absolute atomic E-state index is 13.1. The van der Waals surface area contributed by atoms with Crippen molar-refractivity contribution in [1.82, 2.24) is 9.62 Å². The molecule has 0 radical (unpaired) electrons. The molecule has 1 amide bonds. The normalized spacial score (nSPS) is 14.9. The number of hydrogen-bond acceptors (Lipinski definition) is 5. The third kappa shape index (κ3) is 6.33. The molecule has 0 bridgehead atoms. The standard InChI is InChI=1S/C21H24Cl2N2O5S/c1-29-19-3-2-15(12-20(19)31(27,28)25-6-8-30-9-7-25)13-21(26)24-5-4-16-10-17(22)14-18(23)11-16/h2-3,10-12,14H,4-9,13H2,1H3,(H,24,26). The number of amides is 1. The van der Waals surface area contributed by atoms with Crippen molar-refractivity contribution < 1.29 is 22.7 Å². The van der Waals surface area contributed by atoms with Crippen LogP contribution in [0.5, 0.6) is 5.75 Å². The van der Waals surface area contributed by atoms with Crippen LogP contribution in [0.15, 0.2) is 41.3 Å². The molecule has 168 valence electrons. The van der Waals surface area contributed by atoms with Gasteiger partial charge in [-0.15, -0.1) is 0 Å². The number of carbonyl (C=O) groups excluding carboxylic acids is 1. The van der Waals surface area contributed by atoms with Crippen molar-refractivity contribution in [3.63, 3.8) is 0 Å². The Labute approximate surface area is 192 Å². The molecule has 7 nitrogen and oxygen atoms in total. The van der Waals surface area contributed by atoms with Crippen LogP contribution >= 0.6 is 23.2 Å². The first-order chi connectivity index (χ1) is 14.8. The number of hydrogen-bond donors (Lipinski definition) is 1. The minimum absolute atomic E-state index is 0.0475. The molecule has 3 rings (SSSR count). The van der Waals surface area contributed by atoms with Gasteiger partial charge in [0, 0.05) is 29.7 Å². The number of benzene rings is 2. The summed E-state index contributed by atoms with van der Waals surface area (Å²) in [5.41, 5.74) is 1.50. The lowest BCUT2D eigenvalue weighted by atomic mass is 10.1. The van der Waals surface area contributed by atoms with Crippen molar-refractivity contribution >= 4 is 39.1 Å². The van der Waals surface area contributed by atoms with Crippen LogP contribution < -0.4 is 10.1 Å². The van der Waals surface area contributed by atoms with Gasteiger partial charge in [0.15, 0.2) is 0 Å². The molecule has 1 heterocycles. The van der Waals surface area contributed by atoms with Gasteiger partial charge in [-0.2, -0.15) is 4.31 Å². The zero-order valence-electron chi connectivity index (χ0n) is 17.1. The van der Waals surface area contributed by atoms with Gasteiger partial charge in [-0.25, -0.2) is 8.42 Å². The monoisotopic (exact) mass is 486 g/mol. The van der Waals surface area contributed by atoms with Crippen molar-refractivity contribution in [2.75, 3.05) is 40.0 Å². The fraction of sp³-hybridized carbons (Fsp3) is 0.381. The van der Waals surface area contributed by atoms with Crippen molar-refractivity contribution in [2.45, 2.75) is 17.7 Å². The van der Waals surface area contributed by atoms with Gasteiger partial charge in [0.25, 0.3) is 0 Å². The molecular formula is C21H24Cl2N2O5S. The lowest BCUT2D eigenvalue weighted by molar-refractivity contribution is -0.120. The Morgan fingerprint density at radius 2 is 1.77 bits per heavy atom. The molecule has 0 aromatic heterocycles. The van der Waals surface area contributed by atoms with E-state index in [1.807, 2.05) is 0 Å². The van der Waals surface area contributed by atoms with Crippen molar-refractivity contribution in [2.24, 2.45) is 0 Å². The Hall–Kier alpha value is -1.84. The molecule has 0 aliphatic carbocycles. The second kappa shape index (κ2) is 10.7. The topological polar surface area (TPSA) is 84.9 Å². The van der Waals surface area contributed by atoms with Crippen LogP contribution in [0.2, 0.25) is 10.0 Å². The average molecular weight is 487 g/mol. The highest BCUT2D eigenvalue weighted by atomic mass is 35.5. The molecular weight excluding hydrogens is 463 g/mol. The van der Waals surface area contributed by atoms with Crippen molar-refractivity contribution in [1.29, 1.82) is 0 Å². The predicted molar refractivity (Wildman–Crippen MR) is 119 cm³/mol. The molecule has 2 aromatic carbocycles. The number of nitrogens with zero attached hydrogens (tertiary/aromatic N) is 1. The Kier molecular flexibility index (Phi) is 8.18. The summed E-state index contributed by atoms with van der Waals surface area (Å²) in [6, 6.07) is 10.0. The SMILES string of the molecule is COc1ccc(CC(=O)NCCc2cc(Cl)cc(Cl)c2)cc1S(=O)(=O)N1CCOCC1. The van der Waals surface area contributed by atoms with Gasteiger partial charge in [-0.3, -0.25) is 4.79 Å². The Bertz CT molecular complexity index is 1020. The van der Waals surface area contributed by atoms with Crippen molar-refractivity contribution in [3.05, 3.63) is 57.6 Å². The van der Waals surface area contributed by atoms with Crippen LogP contribution in [0.1, 0.15) is 11.1 Å². The van der Waals surface area contributed by atoms with Crippen LogP contribution in [-0.2, 0) is 32.4 Å². The van der Waals surface area contributed by atoms with Crippen LogP contribution in [-0.4, -0.2) is 58.6 Å². The Morgan fingerprint density at radius 1 is 1.10 bits per heavy atom. The number of rotatable bonds is 8. The number of ether oxygens (including phenoxy) is 2. The van der Waals surface area contributed by atoms with Gasteiger partial charge in [0.2, 0.25) is 15.9 Å². The Morgan fingerprint density at radius 3 is 2.42 bits per heavy atom. The van der Waals surface area contributed by atoms with Crippen molar-refractivity contribution in [3.8, 4) is 5.75 Å². The molecule has 0 unspecified atom stereocenters. The molecule has 10 heteroatoms. The third-order valence-electron chi connectivity index (χ3n) is 4.84. The highest BCUT2D eigenvalue weighted by molar-refractivity contribution is 7.89. The van der Waals surface area contributed by atoms with E-state index in [9.17, 15) is 13.2 Å². The summed E-state index contributed by atoms with van der Waals surface area (Å²) >= 11 is 12.0. The number of nitrogens with one attached hydrogen (secondary N) is 1. The molecule has 0 atom stereocenters. The summed E-state index contributed by atoms with van der Waals surface area (Å²) in [7, 11) is -2.33. The van der Waals surface area contributed by atoms with E-state index in [1.165, 1.54) is 17.5 Å². The second-order valence-electron chi connectivity index (χ2n) is 7.06. The maximum atomic E-state index is 13.1. The van der Waals surface area contributed by atoms with Gasteiger partial charge in [0.05, 0.1) is 26.7 Å². The van der Waals surface area contributed by atoms with Gasteiger partial charge in [-0.05, 0) is 47.9 Å². The van der Waals surface area contributed by atoms with Crippen LogP contribution in [0.4, 0.5) is 0 Å². The highest BCUT2D eigenvalue weighted by Gasteiger charge is 2.29. The fourth-order valence-corrected chi connectivity index (χ4v) is 5.49. The number of carbonyl (C=O) groups is 1. The van der Waals surface area contributed by atoms with Gasteiger partial charge in [-0.1, -0.05) is 29.3 Å². The summed E-state index contributed by atoms with van der Waals surface area (Å²) in [6.45, 7) is 1.67. The number of halogens is 2. The fourth-order valence-electron chi connectivity index (χ4n) is 3.31. The molecule has 1 aliphatic rings. The second-order valence-corrected chi connectivity index (χ2v) is 9.84. The smallest absolute Gasteiger partial charge is 0.246 e. The summed E-state index contributed by atoms with van der Waals surface area (Å²) in [6.07, 6.45) is 0.622. The lowest BCUT2D eigenvalue weighted by Gasteiger charge is -2.26. The molecule has 1 N–H and O–H groups in total. The minimum atomic E-state index is -3.75. The van der Waals surface area contributed by atoms with E-state index in [0.29, 0.717) is 41.8 Å².